The van der Waals surface area contributed by atoms with E-state index in [1.807, 2.05) is 19.1 Å². The molecule has 3 rings (SSSR count). The van der Waals surface area contributed by atoms with E-state index >= 15 is 0 Å². The fourth-order valence-corrected chi connectivity index (χ4v) is 3.29. The lowest BCUT2D eigenvalue weighted by Gasteiger charge is -2.11. The van der Waals surface area contributed by atoms with E-state index in [1.165, 1.54) is 19.3 Å². The third-order valence-corrected chi connectivity index (χ3v) is 4.93. The molecule has 0 atom stereocenters. The summed E-state index contributed by atoms with van der Waals surface area (Å²) in [5.41, 5.74) is 3.44. The van der Waals surface area contributed by atoms with Crippen LogP contribution in [0.25, 0.3) is 6.08 Å². The number of aromatic nitrogens is 2. The maximum atomic E-state index is 12.6. The lowest BCUT2D eigenvalue weighted by molar-refractivity contribution is -0.385. The van der Waals surface area contributed by atoms with E-state index in [-0.39, 0.29) is 23.8 Å². The third-order valence-electron chi connectivity index (χ3n) is 4.93. The van der Waals surface area contributed by atoms with Crippen molar-refractivity contribution < 1.29 is 19.2 Å². The van der Waals surface area contributed by atoms with Crippen LogP contribution in [-0.4, -0.2) is 27.6 Å². The Kier molecular flexibility index (Phi) is 6.49. The summed E-state index contributed by atoms with van der Waals surface area (Å²) in [6.07, 6.45) is 3.22. The average molecular weight is 421 g/mol. The molecule has 0 unspecified atom stereocenters. The van der Waals surface area contributed by atoms with Crippen LogP contribution in [0.15, 0.2) is 48.5 Å². The fourth-order valence-electron chi connectivity index (χ4n) is 3.29. The number of hydrogen-bond donors (Lipinski definition) is 0. The van der Waals surface area contributed by atoms with Gasteiger partial charge in [-0.25, -0.2) is 0 Å². The Morgan fingerprint density at radius 1 is 1.19 bits per heavy atom. The number of methoxy groups -OCH3 is 1. The van der Waals surface area contributed by atoms with Crippen molar-refractivity contribution in [2.45, 2.75) is 20.5 Å². The number of nitrogens with zero attached hydrogens (tertiary/aromatic N) is 3. The molecule has 1 aromatic heterocycles. The molecule has 0 spiro atoms. The van der Waals surface area contributed by atoms with Crippen molar-refractivity contribution in [1.29, 1.82) is 0 Å². The molecule has 160 valence electrons. The van der Waals surface area contributed by atoms with Crippen molar-refractivity contribution in [2.75, 3.05) is 7.11 Å². The molecule has 0 amide bonds. The minimum Gasteiger partial charge on any atom is -0.496 e. The first-order chi connectivity index (χ1) is 14.8. The standard InChI is InChI=1S/C23H23N3O5/c1-15-23(16(2)25(3)24-15)20(27)11-9-17-10-12-21(30-4)18(13-17)14-31-22-8-6-5-7-19(22)26(28)29/h5-13H,14H2,1-4H3/b11-9+. The van der Waals surface area contributed by atoms with Gasteiger partial charge in [-0.05, 0) is 43.7 Å². The normalized spacial score (nSPS) is 11.0. The van der Waals surface area contributed by atoms with E-state index in [0.717, 1.165) is 11.3 Å². The number of carbonyl (C=O) groups is 1. The van der Waals surface area contributed by atoms with Crippen LogP contribution in [-0.2, 0) is 13.7 Å². The number of para-hydroxylation sites is 2. The fraction of sp³-hybridized carbons (Fsp3) is 0.217. The highest BCUT2D eigenvalue weighted by molar-refractivity contribution is 6.08. The molecular formula is C23H23N3O5. The summed E-state index contributed by atoms with van der Waals surface area (Å²) in [6.45, 7) is 3.73. The van der Waals surface area contributed by atoms with Gasteiger partial charge in [0, 0.05) is 24.4 Å². The largest absolute Gasteiger partial charge is 0.496 e. The number of benzene rings is 2. The molecule has 0 aliphatic rings. The van der Waals surface area contributed by atoms with Gasteiger partial charge in [-0.3, -0.25) is 19.6 Å². The van der Waals surface area contributed by atoms with E-state index in [2.05, 4.69) is 5.10 Å². The van der Waals surface area contributed by atoms with Gasteiger partial charge in [-0.1, -0.05) is 24.3 Å². The van der Waals surface area contributed by atoms with Crippen molar-refractivity contribution in [3.63, 3.8) is 0 Å². The van der Waals surface area contributed by atoms with Gasteiger partial charge in [-0.2, -0.15) is 5.10 Å². The Hall–Kier alpha value is -3.94. The van der Waals surface area contributed by atoms with Crippen LogP contribution in [0.1, 0.15) is 32.9 Å². The maximum Gasteiger partial charge on any atom is 0.310 e. The van der Waals surface area contributed by atoms with Gasteiger partial charge in [0.2, 0.25) is 0 Å². The lowest BCUT2D eigenvalue weighted by Crippen LogP contribution is -2.02. The van der Waals surface area contributed by atoms with Crippen LogP contribution in [0.4, 0.5) is 5.69 Å². The second kappa shape index (κ2) is 9.25. The second-order valence-electron chi connectivity index (χ2n) is 6.95. The van der Waals surface area contributed by atoms with Crippen LogP contribution in [0.5, 0.6) is 11.5 Å². The average Bonchev–Trinajstić information content (AvgIpc) is 3.01. The Bertz CT molecular complexity index is 1160. The Morgan fingerprint density at radius 3 is 2.58 bits per heavy atom. The van der Waals surface area contributed by atoms with Crippen LogP contribution >= 0.6 is 0 Å². The summed E-state index contributed by atoms with van der Waals surface area (Å²) in [7, 11) is 3.34. The van der Waals surface area contributed by atoms with Crippen molar-refractivity contribution in [3.05, 3.63) is 86.7 Å². The number of carbonyl (C=O) groups excluding carboxylic acids is 1. The lowest BCUT2D eigenvalue weighted by atomic mass is 10.1. The number of aryl methyl sites for hydroxylation is 2. The first-order valence-electron chi connectivity index (χ1n) is 9.57. The molecular weight excluding hydrogens is 398 g/mol. The number of ether oxygens (including phenoxy) is 2. The van der Waals surface area contributed by atoms with Crippen LogP contribution in [0.3, 0.4) is 0 Å². The van der Waals surface area contributed by atoms with Crippen molar-refractivity contribution in [2.24, 2.45) is 7.05 Å². The Balaban J connectivity index is 1.81. The van der Waals surface area contributed by atoms with Crippen LogP contribution < -0.4 is 9.47 Å². The van der Waals surface area contributed by atoms with E-state index < -0.39 is 4.92 Å². The predicted octanol–water partition coefficient (Wildman–Crippen LogP) is 4.43. The molecule has 0 fully saturated rings. The van der Waals surface area contributed by atoms with E-state index in [4.69, 9.17) is 9.47 Å². The van der Waals surface area contributed by atoms with Crippen molar-refractivity contribution in [3.8, 4) is 11.5 Å². The van der Waals surface area contributed by atoms with Crippen molar-refractivity contribution in [1.82, 2.24) is 9.78 Å². The Labute approximate surface area is 179 Å². The van der Waals surface area contributed by atoms with Crippen LogP contribution in [0, 0.1) is 24.0 Å². The molecule has 0 saturated carbocycles. The van der Waals surface area contributed by atoms with Crippen molar-refractivity contribution >= 4 is 17.5 Å². The number of nitro benzene ring substituents is 1. The predicted molar refractivity (Wildman–Crippen MR) is 116 cm³/mol. The third kappa shape index (κ3) is 4.80. The molecule has 0 radical (unpaired) electrons. The van der Waals surface area contributed by atoms with Gasteiger partial charge in [0.05, 0.1) is 23.3 Å². The molecule has 1 heterocycles. The molecule has 0 aliphatic heterocycles. The number of ketones is 1. The summed E-state index contributed by atoms with van der Waals surface area (Å²) in [4.78, 5) is 23.3. The highest BCUT2D eigenvalue weighted by atomic mass is 16.6. The highest BCUT2D eigenvalue weighted by Gasteiger charge is 2.16. The molecule has 0 aliphatic carbocycles. The van der Waals surface area contributed by atoms with Gasteiger partial charge in [0.1, 0.15) is 12.4 Å². The highest BCUT2D eigenvalue weighted by Crippen LogP contribution is 2.29. The number of rotatable bonds is 8. The summed E-state index contributed by atoms with van der Waals surface area (Å²) in [5, 5.41) is 15.5. The smallest absolute Gasteiger partial charge is 0.310 e. The molecule has 3 aromatic rings. The quantitative estimate of drug-likeness (QED) is 0.231. The molecule has 0 bridgehead atoms. The molecule has 2 aromatic carbocycles. The number of hydrogen-bond acceptors (Lipinski definition) is 6. The first-order valence-corrected chi connectivity index (χ1v) is 9.57. The van der Waals surface area contributed by atoms with Gasteiger partial charge in [-0.15, -0.1) is 0 Å². The summed E-state index contributed by atoms with van der Waals surface area (Å²) in [5.74, 6) is 0.630. The van der Waals surface area contributed by atoms with Crippen LogP contribution in [0.2, 0.25) is 0 Å². The number of nitro groups is 1. The first kappa shape index (κ1) is 21.8. The second-order valence-corrected chi connectivity index (χ2v) is 6.95. The molecule has 31 heavy (non-hydrogen) atoms. The topological polar surface area (TPSA) is 96.5 Å². The van der Waals surface area contributed by atoms with Gasteiger partial charge >= 0.3 is 5.69 Å². The molecule has 0 N–H and O–H groups in total. The summed E-state index contributed by atoms with van der Waals surface area (Å²) >= 11 is 0. The van der Waals surface area contributed by atoms with Gasteiger partial charge < -0.3 is 9.47 Å². The van der Waals surface area contributed by atoms with E-state index in [0.29, 0.717) is 22.6 Å². The van der Waals surface area contributed by atoms with Gasteiger partial charge in [0.15, 0.2) is 11.5 Å². The van der Waals surface area contributed by atoms with E-state index in [1.54, 1.807) is 49.0 Å². The minimum absolute atomic E-state index is 0.0739. The zero-order valence-corrected chi connectivity index (χ0v) is 17.8. The number of allylic oxidation sites excluding steroid dienone is 1. The Morgan fingerprint density at radius 2 is 1.94 bits per heavy atom. The zero-order valence-electron chi connectivity index (χ0n) is 17.8. The summed E-state index contributed by atoms with van der Waals surface area (Å²) in [6, 6.07) is 11.6. The molecule has 8 heteroatoms. The zero-order chi connectivity index (χ0) is 22.5. The monoisotopic (exact) mass is 421 g/mol. The molecule has 8 nitrogen and oxygen atoms in total. The minimum atomic E-state index is -0.486. The SMILES string of the molecule is COc1ccc(/C=C/C(=O)c2c(C)nn(C)c2C)cc1COc1ccccc1[N+](=O)[O-]. The molecule has 0 saturated heterocycles. The van der Waals surface area contributed by atoms with E-state index in [9.17, 15) is 14.9 Å². The maximum absolute atomic E-state index is 12.6. The van der Waals surface area contributed by atoms with Gasteiger partial charge in [0.25, 0.3) is 0 Å². The summed E-state index contributed by atoms with van der Waals surface area (Å²) < 4.78 is 12.7.